The van der Waals surface area contributed by atoms with E-state index in [0.29, 0.717) is 0 Å². The molecule has 0 radical (unpaired) electrons. The third-order valence-corrected chi connectivity index (χ3v) is 11.5. The number of hydrogen-bond acceptors (Lipinski definition) is 1. The maximum absolute atomic E-state index is 3.43. The number of para-hydroxylation sites is 2. The van der Waals surface area contributed by atoms with E-state index in [-0.39, 0.29) is 5.41 Å². The van der Waals surface area contributed by atoms with Crippen LogP contribution < -0.4 is 4.90 Å². The summed E-state index contributed by atoms with van der Waals surface area (Å²) in [4.78, 5) is 2.46. The van der Waals surface area contributed by atoms with Gasteiger partial charge in [0, 0.05) is 28.0 Å². The molecule has 234 valence electrons. The number of benzene rings is 7. The summed E-state index contributed by atoms with van der Waals surface area (Å²) >= 11 is 0. The summed E-state index contributed by atoms with van der Waals surface area (Å²) in [7, 11) is 0. The minimum absolute atomic E-state index is 0.335. The third-order valence-electron chi connectivity index (χ3n) is 11.5. The quantitative estimate of drug-likeness (QED) is 0.185. The van der Waals surface area contributed by atoms with Gasteiger partial charge < -0.3 is 9.47 Å². The second-order valence-electron chi connectivity index (χ2n) is 13.9. The van der Waals surface area contributed by atoms with Crippen LogP contribution >= 0.6 is 0 Å². The number of fused-ring (bicyclic) bond motifs is 8. The molecule has 0 saturated heterocycles. The molecule has 9 aromatic rings. The first-order chi connectivity index (χ1) is 25.3. The second kappa shape index (κ2) is 9.66. The van der Waals surface area contributed by atoms with Crippen molar-refractivity contribution in [1.82, 2.24) is 4.57 Å². The van der Waals surface area contributed by atoms with Gasteiger partial charge in [-0.3, -0.25) is 0 Å². The van der Waals surface area contributed by atoms with Gasteiger partial charge in [-0.25, -0.2) is 0 Å². The van der Waals surface area contributed by atoms with Gasteiger partial charge in [0.05, 0.1) is 27.5 Å². The van der Waals surface area contributed by atoms with Crippen LogP contribution in [0, 0.1) is 12.1 Å². The second-order valence-corrected chi connectivity index (χ2v) is 13.9. The summed E-state index contributed by atoms with van der Waals surface area (Å²) in [5.41, 5.74) is 20.1. The largest absolute Gasteiger partial charge is 0.310 e. The summed E-state index contributed by atoms with van der Waals surface area (Å²) in [5, 5.41) is 2.24. The molecule has 3 aliphatic rings. The molecule has 12 rings (SSSR count). The molecular formula is C49H28N2. The van der Waals surface area contributed by atoms with E-state index in [4.69, 9.17) is 0 Å². The zero-order valence-corrected chi connectivity index (χ0v) is 27.6. The smallest absolute Gasteiger partial charge is 0.0738 e. The van der Waals surface area contributed by atoms with Crippen LogP contribution in [0.4, 0.5) is 17.1 Å². The lowest BCUT2D eigenvalue weighted by atomic mass is 9.73. The first-order valence-corrected chi connectivity index (χ1v) is 17.6. The molecule has 1 heterocycles. The predicted molar refractivity (Wildman–Crippen MR) is 208 cm³/mol. The molecule has 0 fully saturated rings. The molecule has 2 nitrogen and oxygen atoms in total. The number of nitrogens with zero attached hydrogens (tertiary/aromatic N) is 2. The Morgan fingerprint density at radius 2 is 1.14 bits per heavy atom. The average molecular weight is 645 g/mol. The van der Waals surface area contributed by atoms with E-state index < -0.39 is 0 Å². The maximum atomic E-state index is 3.43. The fourth-order valence-electron chi connectivity index (χ4n) is 9.79. The molecular weight excluding hydrogens is 617 g/mol. The molecule has 0 amide bonds. The zero-order chi connectivity index (χ0) is 33.3. The van der Waals surface area contributed by atoms with Crippen LogP contribution in [-0.4, -0.2) is 4.57 Å². The van der Waals surface area contributed by atoms with Crippen molar-refractivity contribution in [3.05, 3.63) is 204 Å². The van der Waals surface area contributed by atoms with Gasteiger partial charge in [-0.1, -0.05) is 121 Å². The van der Waals surface area contributed by atoms with E-state index in [2.05, 4.69) is 185 Å². The lowest BCUT2D eigenvalue weighted by Gasteiger charge is -2.30. The Labute approximate surface area is 296 Å². The minimum atomic E-state index is -0.335. The Morgan fingerprint density at radius 3 is 1.96 bits per heavy atom. The van der Waals surface area contributed by atoms with Crippen LogP contribution in [0.2, 0.25) is 0 Å². The van der Waals surface area contributed by atoms with Gasteiger partial charge in [0.1, 0.15) is 0 Å². The van der Waals surface area contributed by atoms with E-state index in [9.17, 15) is 0 Å². The Morgan fingerprint density at radius 1 is 0.490 bits per heavy atom. The highest BCUT2D eigenvalue weighted by molar-refractivity contribution is 6.11. The van der Waals surface area contributed by atoms with Crippen molar-refractivity contribution in [2.24, 2.45) is 0 Å². The fourth-order valence-corrected chi connectivity index (χ4v) is 9.79. The highest BCUT2D eigenvalue weighted by atomic mass is 15.1. The topological polar surface area (TPSA) is 8.17 Å². The van der Waals surface area contributed by atoms with E-state index in [1.165, 1.54) is 61.3 Å². The minimum Gasteiger partial charge on any atom is -0.310 e. The van der Waals surface area contributed by atoms with E-state index in [1.54, 1.807) is 0 Å². The summed E-state index contributed by atoms with van der Waals surface area (Å²) in [6.07, 6.45) is 0. The van der Waals surface area contributed by atoms with Crippen molar-refractivity contribution in [2.75, 3.05) is 4.90 Å². The van der Waals surface area contributed by atoms with Crippen molar-refractivity contribution in [3.8, 4) is 39.1 Å². The molecule has 51 heavy (non-hydrogen) atoms. The van der Waals surface area contributed by atoms with Crippen molar-refractivity contribution in [2.45, 2.75) is 5.41 Å². The van der Waals surface area contributed by atoms with Crippen molar-refractivity contribution in [1.29, 1.82) is 0 Å². The normalized spacial score (nSPS) is 15.4. The molecule has 3 aliphatic carbocycles. The lowest BCUT2D eigenvalue weighted by molar-refractivity contribution is 0.818. The highest BCUT2D eigenvalue weighted by Gasteiger charge is 2.57. The number of anilines is 3. The van der Waals surface area contributed by atoms with E-state index >= 15 is 0 Å². The fraction of sp³-hybridized carbons (Fsp3) is 0.0204. The molecule has 1 aromatic heterocycles. The molecule has 1 spiro atoms. The summed E-state index contributed by atoms with van der Waals surface area (Å²) in [6.45, 7) is 0. The van der Waals surface area contributed by atoms with Crippen molar-refractivity contribution >= 4 is 38.9 Å². The molecule has 1 atom stereocenters. The Balaban J connectivity index is 1.17. The molecule has 8 aromatic carbocycles. The van der Waals surface area contributed by atoms with Crippen molar-refractivity contribution in [3.63, 3.8) is 0 Å². The van der Waals surface area contributed by atoms with Crippen LogP contribution in [0.15, 0.2) is 170 Å². The van der Waals surface area contributed by atoms with Crippen LogP contribution in [0.1, 0.15) is 22.3 Å². The SMILES string of the molecule is c1ccc2c(c#1)c1ccc(N(c3ccccc3)c3cccc4c3-c3cccc5c3C43c4ccccc4-c4cccc-5c43)cc1n2-c1ccccc1. The van der Waals surface area contributed by atoms with Crippen LogP contribution in [0.3, 0.4) is 0 Å². The maximum Gasteiger partial charge on any atom is 0.0738 e. The Bertz CT molecular complexity index is 2900. The highest BCUT2D eigenvalue weighted by Crippen LogP contribution is 2.71. The standard InChI is InChI=1S/C49H28N2/c1-3-14-31(15-4-1)50(33-28-29-36-35-19-8-10-26-43(35)51(45(36)30-33)32-16-5-2-6-17-32)44-27-13-25-42-46(44)40-23-12-22-39-38-21-11-20-37-34-18-7-9-24-41(34)49(42,47(37)38)48(39)40/h1-7,9-18,20-30H. The Kier molecular flexibility index (Phi) is 5.12. The predicted octanol–water partition coefficient (Wildman–Crippen LogP) is 12.2. The Hall–Kier alpha value is -6.82. The van der Waals surface area contributed by atoms with Crippen LogP contribution in [0.25, 0.3) is 60.9 Å². The molecule has 1 unspecified atom stereocenters. The van der Waals surface area contributed by atoms with Gasteiger partial charge in [-0.15, -0.1) is 0 Å². The summed E-state index contributed by atoms with van der Waals surface area (Å²) in [6, 6.07) is 69.0. The van der Waals surface area contributed by atoms with Gasteiger partial charge >= 0.3 is 0 Å². The molecule has 2 heteroatoms. The average Bonchev–Trinajstić information content (AvgIpc) is 3.89. The van der Waals surface area contributed by atoms with E-state index in [1.807, 2.05) is 6.07 Å². The number of aromatic nitrogens is 1. The molecule has 0 N–H and O–H groups in total. The lowest BCUT2D eigenvalue weighted by Crippen LogP contribution is -2.23. The molecule has 0 saturated carbocycles. The first-order valence-electron chi connectivity index (χ1n) is 17.6. The first kappa shape index (κ1) is 27.1. The van der Waals surface area contributed by atoms with Gasteiger partial charge in [-0.2, -0.15) is 0 Å². The van der Waals surface area contributed by atoms with Gasteiger partial charge in [0.2, 0.25) is 0 Å². The third kappa shape index (κ3) is 3.25. The van der Waals surface area contributed by atoms with Gasteiger partial charge in [0.15, 0.2) is 0 Å². The monoisotopic (exact) mass is 644 g/mol. The number of rotatable bonds is 4. The molecule has 0 bridgehead atoms. The van der Waals surface area contributed by atoms with Crippen molar-refractivity contribution < 1.29 is 0 Å². The zero-order valence-electron chi connectivity index (χ0n) is 27.6. The molecule has 0 aliphatic heterocycles. The van der Waals surface area contributed by atoms with Gasteiger partial charge in [-0.05, 0) is 111 Å². The van der Waals surface area contributed by atoms with Gasteiger partial charge in [0.25, 0.3) is 0 Å². The summed E-state index contributed by atoms with van der Waals surface area (Å²) in [5.74, 6) is 0. The van der Waals surface area contributed by atoms with Crippen LogP contribution in [-0.2, 0) is 5.41 Å². The van der Waals surface area contributed by atoms with E-state index in [0.717, 1.165) is 38.9 Å². The van der Waals surface area contributed by atoms with Crippen LogP contribution in [0.5, 0.6) is 0 Å². The number of hydrogen-bond donors (Lipinski definition) is 0. The summed E-state index contributed by atoms with van der Waals surface area (Å²) < 4.78 is 2.36.